The number of pyridine rings is 1. The molecule has 1 aromatic heterocycles. The van der Waals surface area contributed by atoms with E-state index in [1.165, 1.54) is 5.56 Å². The SMILES string of the molecule is CC(C)c1ccc(NC(=S)NCc2ccncc2)cc1. The molecule has 0 aliphatic rings. The summed E-state index contributed by atoms with van der Waals surface area (Å²) in [5.41, 5.74) is 3.48. The number of anilines is 1. The average Bonchev–Trinajstić information content (AvgIpc) is 2.47. The highest BCUT2D eigenvalue weighted by molar-refractivity contribution is 7.80. The number of aromatic nitrogens is 1. The summed E-state index contributed by atoms with van der Waals surface area (Å²) in [5, 5.41) is 6.98. The van der Waals surface area contributed by atoms with E-state index in [0.717, 1.165) is 11.3 Å². The first kappa shape index (κ1) is 14.5. The third kappa shape index (κ3) is 4.31. The Kier molecular flexibility index (Phi) is 5.07. The van der Waals surface area contributed by atoms with E-state index in [1.54, 1.807) is 12.4 Å². The fourth-order valence-electron chi connectivity index (χ4n) is 1.81. The molecule has 2 N–H and O–H groups in total. The maximum atomic E-state index is 5.28. The molecule has 0 unspecified atom stereocenters. The number of thiocarbonyl (C=S) groups is 1. The van der Waals surface area contributed by atoms with E-state index in [9.17, 15) is 0 Å². The lowest BCUT2D eigenvalue weighted by Gasteiger charge is -2.11. The predicted octanol–water partition coefficient (Wildman–Crippen LogP) is 3.69. The first-order chi connectivity index (χ1) is 9.65. The van der Waals surface area contributed by atoms with Crippen molar-refractivity contribution in [1.29, 1.82) is 0 Å². The molecule has 20 heavy (non-hydrogen) atoms. The van der Waals surface area contributed by atoms with Crippen molar-refractivity contribution in [1.82, 2.24) is 10.3 Å². The van der Waals surface area contributed by atoms with Crippen LogP contribution >= 0.6 is 12.2 Å². The minimum Gasteiger partial charge on any atom is -0.358 e. The van der Waals surface area contributed by atoms with Crippen LogP contribution < -0.4 is 10.6 Å². The number of benzene rings is 1. The minimum absolute atomic E-state index is 0.542. The van der Waals surface area contributed by atoms with E-state index >= 15 is 0 Å². The summed E-state index contributed by atoms with van der Waals surface area (Å²) in [6.45, 7) is 5.06. The molecule has 0 bridgehead atoms. The minimum atomic E-state index is 0.542. The normalized spacial score (nSPS) is 10.3. The van der Waals surface area contributed by atoms with Gasteiger partial charge in [0.1, 0.15) is 0 Å². The van der Waals surface area contributed by atoms with Crippen LogP contribution in [0.1, 0.15) is 30.9 Å². The van der Waals surface area contributed by atoms with E-state index in [4.69, 9.17) is 12.2 Å². The Labute approximate surface area is 125 Å². The molecule has 1 aromatic carbocycles. The van der Waals surface area contributed by atoms with Crippen LogP contribution in [0.5, 0.6) is 0 Å². The number of rotatable bonds is 4. The third-order valence-corrected chi connectivity index (χ3v) is 3.28. The number of nitrogens with zero attached hydrogens (tertiary/aromatic N) is 1. The van der Waals surface area contributed by atoms with Gasteiger partial charge in [0, 0.05) is 24.6 Å². The van der Waals surface area contributed by atoms with Crippen molar-refractivity contribution in [3.05, 3.63) is 59.9 Å². The molecule has 0 radical (unpaired) electrons. The molecule has 1 heterocycles. The summed E-state index contributed by atoms with van der Waals surface area (Å²) in [4.78, 5) is 3.99. The van der Waals surface area contributed by atoms with Gasteiger partial charge in [-0.2, -0.15) is 0 Å². The Bertz CT molecular complexity index is 550. The van der Waals surface area contributed by atoms with Gasteiger partial charge in [0.2, 0.25) is 0 Å². The van der Waals surface area contributed by atoms with Gasteiger partial charge in [0.15, 0.2) is 5.11 Å². The molecule has 0 spiro atoms. The molecule has 0 saturated heterocycles. The van der Waals surface area contributed by atoms with Gasteiger partial charge < -0.3 is 10.6 Å². The topological polar surface area (TPSA) is 37.0 Å². The summed E-state index contributed by atoms with van der Waals surface area (Å²) < 4.78 is 0. The predicted molar refractivity (Wildman–Crippen MR) is 87.8 cm³/mol. The second-order valence-electron chi connectivity index (χ2n) is 4.94. The highest BCUT2D eigenvalue weighted by Crippen LogP contribution is 2.16. The smallest absolute Gasteiger partial charge is 0.171 e. The van der Waals surface area contributed by atoms with E-state index in [0.29, 0.717) is 17.6 Å². The lowest BCUT2D eigenvalue weighted by atomic mass is 10.0. The quantitative estimate of drug-likeness (QED) is 0.840. The van der Waals surface area contributed by atoms with E-state index in [2.05, 4.69) is 53.7 Å². The van der Waals surface area contributed by atoms with Crippen molar-refractivity contribution in [3.63, 3.8) is 0 Å². The number of hydrogen-bond acceptors (Lipinski definition) is 2. The maximum absolute atomic E-state index is 5.28. The Balaban J connectivity index is 1.85. The van der Waals surface area contributed by atoms with Gasteiger partial charge in [-0.25, -0.2) is 0 Å². The van der Waals surface area contributed by atoms with E-state index in [1.807, 2.05) is 12.1 Å². The molecule has 0 aliphatic carbocycles. The van der Waals surface area contributed by atoms with Gasteiger partial charge in [-0.05, 0) is 53.5 Å². The molecule has 0 fully saturated rings. The van der Waals surface area contributed by atoms with Gasteiger partial charge in [-0.3, -0.25) is 4.98 Å². The zero-order chi connectivity index (χ0) is 14.4. The lowest BCUT2D eigenvalue weighted by molar-refractivity contribution is 0.867. The Hall–Kier alpha value is -1.94. The first-order valence-electron chi connectivity index (χ1n) is 6.69. The third-order valence-electron chi connectivity index (χ3n) is 3.04. The van der Waals surface area contributed by atoms with Gasteiger partial charge in [0.05, 0.1) is 0 Å². The standard InChI is InChI=1S/C16H19N3S/c1-12(2)14-3-5-15(6-4-14)19-16(20)18-11-13-7-9-17-10-8-13/h3-10,12H,11H2,1-2H3,(H2,18,19,20). The Morgan fingerprint density at radius 1 is 1.10 bits per heavy atom. The second kappa shape index (κ2) is 7.01. The highest BCUT2D eigenvalue weighted by Gasteiger charge is 2.01. The van der Waals surface area contributed by atoms with Crippen LogP contribution in [0.15, 0.2) is 48.8 Å². The zero-order valence-electron chi connectivity index (χ0n) is 11.8. The molecule has 3 nitrogen and oxygen atoms in total. The monoisotopic (exact) mass is 285 g/mol. The van der Waals surface area contributed by atoms with Crippen molar-refractivity contribution >= 4 is 23.0 Å². The molecule has 104 valence electrons. The molecule has 2 aromatic rings. The lowest BCUT2D eigenvalue weighted by Crippen LogP contribution is -2.27. The summed E-state index contributed by atoms with van der Waals surface area (Å²) in [5.74, 6) is 0.542. The second-order valence-corrected chi connectivity index (χ2v) is 5.35. The zero-order valence-corrected chi connectivity index (χ0v) is 12.6. The van der Waals surface area contributed by atoms with Crippen LogP contribution in [0.4, 0.5) is 5.69 Å². The number of hydrogen-bond donors (Lipinski definition) is 2. The Morgan fingerprint density at radius 3 is 2.35 bits per heavy atom. The van der Waals surface area contributed by atoms with Gasteiger partial charge >= 0.3 is 0 Å². The largest absolute Gasteiger partial charge is 0.358 e. The fraction of sp³-hybridized carbons (Fsp3) is 0.250. The van der Waals surface area contributed by atoms with Crippen LogP contribution in [0.3, 0.4) is 0 Å². The van der Waals surface area contributed by atoms with E-state index in [-0.39, 0.29) is 0 Å². The maximum Gasteiger partial charge on any atom is 0.171 e. The van der Waals surface area contributed by atoms with Crippen molar-refractivity contribution in [3.8, 4) is 0 Å². The van der Waals surface area contributed by atoms with Crippen LogP contribution in [0.2, 0.25) is 0 Å². The van der Waals surface area contributed by atoms with Crippen LogP contribution in [-0.4, -0.2) is 10.1 Å². The molecule has 4 heteroatoms. The first-order valence-corrected chi connectivity index (χ1v) is 7.09. The van der Waals surface area contributed by atoms with E-state index < -0.39 is 0 Å². The molecular formula is C16H19N3S. The average molecular weight is 285 g/mol. The molecule has 0 atom stereocenters. The molecular weight excluding hydrogens is 266 g/mol. The molecule has 2 rings (SSSR count). The van der Waals surface area contributed by atoms with Gasteiger partial charge in [-0.1, -0.05) is 26.0 Å². The van der Waals surface area contributed by atoms with Crippen molar-refractivity contribution < 1.29 is 0 Å². The molecule has 0 amide bonds. The fourth-order valence-corrected chi connectivity index (χ4v) is 2.00. The van der Waals surface area contributed by atoms with Crippen LogP contribution in [0, 0.1) is 0 Å². The summed E-state index contributed by atoms with van der Waals surface area (Å²) in [6.07, 6.45) is 3.55. The highest BCUT2D eigenvalue weighted by atomic mass is 32.1. The summed E-state index contributed by atoms with van der Waals surface area (Å²) in [7, 11) is 0. The number of nitrogens with one attached hydrogen (secondary N) is 2. The van der Waals surface area contributed by atoms with Crippen molar-refractivity contribution in [2.24, 2.45) is 0 Å². The van der Waals surface area contributed by atoms with Crippen molar-refractivity contribution in [2.45, 2.75) is 26.3 Å². The summed E-state index contributed by atoms with van der Waals surface area (Å²) >= 11 is 5.28. The molecule has 0 saturated carbocycles. The van der Waals surface area contributed by atoms with Gasteiger partial charge in [-0.15, -0.1) is 0 Å². The van der Waals surface area contributed by atoms with Gasteiger partial charge in [0.25, 0.3) is 0 Å². The Morgan fingerprint density at radius 2 is 1.75 bits per heavy atom. The molecule has 0 aliphatic heterocycles. The summed E-state index contributed by atoms with van der Waals surface area (Å²) in [6, 6.07) is 12.3. The van der Waals surface area contributed by atoms with Crippen molar-refractivity contribution in [2.75, 3.05) is 5.32 Å². The van der Waals surface area contributed by atoms with Crippen LogP contribution in [-0.2, 0) is 6.54 Å². The van der Waals surface area contributed by atoms with Crippen LogP contribution in [0.25, 0.3) is 0 Å².